The molecule has 1 saturated carbocycles. The number of nitrogens with zero attached hydrogens (tertiary/aromatic N) is 1. The molecule has 1 atom stereocenters. The van der Waals surface area contributed by atoms with Crippen LogP contribution in [-0.2, 0) is 16.9 Å². The third-order valence-electron chi connectivity index (χ3n) is 5.98. The second-order valence-electron chi connectivity index (χ2n) is 8.05. The quantitative estimate of drug-likeness (QED) is 0.815. The molecule has 5 nitrogen and oxygen atoms in total. The van der Waals surface area contributed by atoms with Crippen LogP contribution in [0, 0.1) is 5.82 Å². The highest BCUT2D eigenvalue weighted by Crippen LogP contribution is 2.45. The van der Waals surface area contributed by atoms with Crippen molar-refractivity contribution in [1.29, 1.82) is 0 Å². The summed E-state index contributed by atoms with van der Waals surface area (Å²) in [6.45, 7) is 1.35. The molecule has 0 aromatic heterocycles. The Bertz CT molecular complexity index is 909. The van der Waals surface area contributed by atoms with Crippen LogP contribution in [0.15, 0.2) is 48.5 Å². The molecule has 29 heavy (non-hydrogen) atoms. The van der Waals surface area contributed by atoms with Crippen LogP contribution < -0.4 is 10.4 Å². The van der Waals surface area contributed by atoms with Crippen molar-refractivity contribution < 1.29 is 19.1 Å². The van der Waals surface area contributed by atoms with Gasteiger partial charge in [0.2, 0.25) is 5.91 Å². The number of rotatable bonds is 6. The van der Waals surface area contributed by atoms with Crippen molar-refractivity contribution in [1.82, 2.24) is 10.2 Å². The van der Waals surface area contributed by atoms with Crippen LogP contribution in [0.3, 0.4) is 0 Å². The van der Waals surface area contributed by atoms with Crippen molar-refractivity contribution in [3.05, 3.63) is 71.0 Å². The maximum Gasteiger partial charge on any atom is 0.238 e. The van der Waals surface area contributed by atoms with Gasteiger partial charge < -0.3 is 15.2 Å². The molecule has 6 heteroatoms. The number of carbonyl (C=O) groups is 2. The van der Waals surface area contributed by atoms with Crippen LogP contribution in [-0.4, -0.2) is 29.4 Å². The molecule has 1 heterocycles. The summed E-state index contributed by atoms with van der Waals surface area (Å²) in [7, 11) is 0. The van der Waals surface area contributed by atoms with Crippen LogP contribution >= 0.6 is 0 Å². The van der Waals surface area contributed by atoms with E-state index in [2.05, 4.69) is 10.2 Å². The van der Waals surface area contributed by atoms with E-state index in [1.54, 1.807) is 18.2 Å². The third-order valence-corrected chi connectivity index (χ3v) is 5.98. The van der Waals surface area contributed by atoms with Gasteiger partial charge in [0, 0.05) is 6.54 Å². The summed E-state index contributed by atoms with van der Waals surface area (Å²) in [5.41, 5.74) is 1.50. The van der Waals surface area contributed by atoms with E-state index in [1.807, 2.05) is 6.07 Å². The zero-order valence-corrected chi connectivity index (χ0v) is 16.2. The molecule has 0 unspecified atom stereocenters. The Hall–Kier alpha value is -2.73. The second kappa shape index (κ2) is 7.95. The number of halogens is 1. The van der Waals surface area contributed by atoms with Crippen molar-refractivity contribution in [2.24, 2.45) is 0 Å². The summed E-state index contributed by atoms with van der Waals surface area (Å²) in [5.74, 6) is -1.49. The Morgan fingerprint density at radius 3 is 2.55 bits per heavy atom. The summed E-state index contributed by atoms with van der Waals surface area (Å²) >= 11 is 0. The second-order valence-corrected chi connectivity index (χ2v) is 8.05. The van der Waals surface area contributed by atoms with Crippen LogP contribution in [0.25, 0.3) is 0 Å². The van der Waals surface area contributed by atoms with Gasteiger partial charge in [-0.3, -0.25) is 9.69 Å². The van der Waals surface area contributed by atoms with Crippen molar-refractivity contribution in [2.45, 2.75) is 50.2 Å². The van der Waals surface area contributed by atoms with Crippen LogP contribution in [0.2, 0.25) is 0 Å². The number of nitrogens with one attached hydrogen (secondary N) is 1. The molecular formula is C23H24FN2O3-. The maximum absolute atomic E-state index is 13.5. The highest BCUT2D eigenvalue weighted by atomic mass is 19.1. The Kier molecular flexibility index (Phi) is 5.37. The topological polar surface area (TPSA) is 72.5 Å². The Morgan fingerprint density at radius 1 is 1.14 bits per heavy atom. The number of hydrogen-bond acceptors (Lipinski definition) is 4. The van der Waals surface area contributed by atoms with E-state index in [-0.39, 0.29) is 23.3 Å². The summed E-state index contributed by atoms with van der Waals surface area (Å²) in [4.78, 5) is 26.2. The van der Waals surface area contributed by atoms with E-state index in [1.165, 1.54) is 24.3 Å². The Labute approximate surface area is 169 Å². The standard InChI is InChI=1S/C23H25FN2O3/c24-19-5-3-4-16(14-19)15-26-13-2-1-6-20(26)21(27)25-23(11-12-23)18-9-7-17(8-10-18)22(28)29/h3-5,7-10,14,20H,1-2,6,11-13,15H2,(H,25,27)(H,28,29)/p-1/t20-/m1/s1. The van der Waals surface area contributed by atoms with Gasteiger partial charge in [0.15, 0.2) is 0 Å². The van der Waals surface area contributed by atoms with E-state index in [0.29, 0.717) is 6.54 Å². The summed E-state index contributed by atoms with van der Waals surface area (Å²) in [5, 5.41) is 14.2. The lowest BCUT2D eigenvalue weighted by Gasteiger charge is -2.35. The molecular weight excluding hydrogens is 371 g/mol. The zero-order chi connectivity index (χ0) is 20.4. The Morgan fingerprint density at radius 2 is 1.90 bits per heavy atom. The fraction of sp³-hybridized carbons (Fsp3) is 0.391. The monoisotopic (exact) mass is 395 g/mol. The molecule has 1 N–H and O–H groups in total. The van der Waals surface area contributed by atoms with Gasteiger partial charge in [0.25, 0.3) is 0 Å². The third kappa shape index (κ3) is 4.32. The number of benzene rings is 2. The fourth-order valence-electron chi connectivity index (χ4n) is 4.20. The minimum atomic E-state index is -1.21. The highest BCUT2D eigenvalue weighted by Gasteiger charge is 2.47. The largest absolute Gasteiger partial charge is 0.545 e. The van der Waals surface area contributed by atoms with Gasteiger partial charge in [-0.2, -0.15) is 0 Å². The van der Waals surface area contributed by atoms with Crippen molar-refractivity contribution >= 4 is 11.9 Å². The zero-order valence-electron chi connectivity index (χ0n) is 16.2. The van der Waals surface area contributed by atoms with Crippen molar-refractivity contribution in [2.75, 3.05) is 6.54 Å². The van der Waals surface area contributed by atoms with E-state index in [0.717, 1.165) is 49.8 Å². The minimum Gasteiger partial charge on any atom is -0.545 e. The Balaban J connectivity index is 1.46. The fourth-order valence-corrected chi connectivity index (χ4v) is 4.20. The number of amides is 1. The van der Waals surface area contributed by atoms with Crippen molar-refractivity contribution in [3.8, 4) is 0 Å². The molecule has 1 aliphatic heterocycles. The molecule has 2 aromatic rings. The first-order valence-corrected chi connectivity index (χ1v) is 10.1. The van der Waals surface area contributed by atoms with Crippen LogP contribution in [0.5, 0.6) is 0 Å². The average Bonchev–Trinajstić information content (AvgIpc) is 3.49. The lowest BCUT2D eigenvalue weighted by molar-refractivity contribution is -0.255. The number of carboxylic acids is 1. The van der Waals surface area contributed by atoms with Crippen molar-refractivity contribution in [3.63, 3.8) is 0 Å². The highest BCUT2D eigenvalue weighted by molar-refractivity contribution is 5.86. The van der Waals surface area contributed by atoms with E-state index in [4.69, 9.17) is 0 Å². The van der Waals surface area contributed by atoms with Gasteiger partial charge in [-0.05, 0) is 61.1 Å². The molecule has 152 valence electrons. The first-order chi connectivity index (χ1) is 14.0. The molecule has 1 aliphatic carbocycles. The predicted octanol–water partition coefficient (Wildman–Crippen LogP) is 2.35. The number of carbonyl (C=O) groups excluding carboxylic acids is 2. The van der Waals surface area contributed by atoms with Gasteiger partial charge in [-0.25, -0.2) is 4.39 Å². The normalized spacial score (nSPS) is 20.8. The molecule has 2 aromatic carbocycles. The number of carboxylic acid groups (broad SMARTS) is 1. The summed E-state index contributed by atoms with van der Waals surface area (Å²) in [6, 6.07) is 12.8. The molecule has 0 bridgehead atoms. The first-order valence-electron chi connectivity index (χ1n) is 10.1. The lowest BCUT2D eigenvalue weighted by Crippen LogP contribution is -2.51. The number of piperidine rings is 1. The molecule has 1 saturated heterocycles. The van der Waals surface area contributed by atoms with E-state index >= 15 is 0 Å². The van der Waals surface area contributed by atoms with E-state index in [9.17, 15) is 19.1 Å². The number of aromatic carboxylic acids is 1. The summed E-state index contributed by atoms with van der Waals surface area (Å²) < 4.78 is 13.5. The number of hydrogen-bond donors (Lipinski definition) is 1. The van der Waals surface area contributed by atoms with Gasteiger partial charge in [0.05, 0.1) is 17.6 Å². The van der Waals surface area contributed by atoms with Gasteiger partial charge in [-0.1, -0.05) is 42.8 Å². The van der Waals surface area contributed by atoms with Gasteiger partial charge >= 0.3 is 0 Å². The lowest BCUT2D eigenvalue weighted by atomic mass is 9.98. The molecule has 4 rings (SSSR count). The van der Waals surface area contributed by atoms with Crippen LogP contribution in [0.4, 0.5) is 4.39 Å². The molecule has 0 radical (unpaired) electrons. The van der Waals surface area contributed by atoms with E-state index < -0.39 is 11.5 Å². The molecule has 0 spiro atoms. The SMILES string of the molecule is O=C([O-])c1ccc(C2(NC(=O)[C@H]3CCCCN3Cc3cccc(F)c3)CC2)cc1. The minimum absolute atomic E-state index is 0.0115. The first kappa shape index (κ1) is 19.6. The van der Waals surface area contributed by atoms with Gasteiger partial charge in [-0.15, -0.1) is 0 Å². The predicted molar refractivity (Wildman–Crippen MR) is 104 cm³/mol. The summed E-state index contributed by atoms with van der Waals surface area (Å²) in [6.07, 6.45) is 4.46. The number of likely N-dealkylation sites (tertiary alicyclic amines) is 1. The molecule has 2 fully saturated rings. The average molecular weight is 395 g/mol. The molecule has 2 aliphatic rings. The maximum atomic E-state index is 13.5. The van der Waals surface area contributed by atoms with Crippen LogP contribution in [0.1, 0.15) is 53.6 Å². The molecule has 1 amide bonds. The van der Waals surface area contributed by atoms with Gasteiger partial charge in [0.1, 0.15) is 5.82 Å². The smallest absolute Gasteiger partial charge is 0.238 e.